The van der Waals surface area contributed by atoms with Crippen LogP contribution in [0.25, 0.3) is 0 Å². The fourth-order valence-electron chi connectivity index (χ4n) is 0.916. The SMILES string of the molecule is CNc1nc(C)nc(NC(C)C)n1. The third-order valence-corrected chi connectivity index (χ3v) is 1.39. The highest BCUT2D eigenvalue weighted by atomic mass is 15.2. The summed E-state index contributed by atoms with van der Waals surface area (Å²) in [6.07, 6.45) is 0. The van der Waals surface area contributed by atoms with Crippen molar-refractivity contribution in [2.75, 3.05) is 17.7 Å². The standard InChI is InChI=1S/C8H15N5/c1-5(2)10-8-12-6(3)11-7(9-4)13-8/h5H,1-4H3,(H2,9,10,11,12,13). The zero-order valence-electron chi connectivity index (χ0n) is 8.42. The van der Waals surface area contributed by atoms with Crippen molar-refractivity contribution in [2.45, 2.75) is 26.8 Å². The number of anilines is 2. The summed E-state index contributed by atoms with van der Waals surface area (Å²) in [5.74, 6) is 1.92. The summed E-state index contributed by atoms with van der Waals surface area (Å²) in [5, 5.41) is 6.00. The van der Waals surface area contributed by atoms with Gasteiger partial charge >= 0.3 is 0 Å². The number of hydrogen-bond acceptors (Lipinski definition) is 5. The molecule has 0 atom stereocenters. The van der Waals surface area contributed by atoms with Crippen molar-refractivity contribution in [1.82, 2.24) is 15.0 Å². The second kappa shape index (κ2) is 4.02. The Morgan fingerprint density at radius 3 is 2.23 bits per heavy atom. The Labute approximate surface area is 78.0 Å². The molecule has 1 heterocycles. The lowest BCUT2D eigenvalue weighted by atomic mass is 10.4. The second-order valence-corrected chi connectivity index (χ2v) is 3.08. The first-order valence-corrected chi connectivity index (χ1v) is 4.29. The van der Waals surface area contributed by atoms with Crippen LogP contribution >= 0.6 is 0 Å². The van der Waals surface area contributed by atoms with Gasteiger partial charge in [-0.2, -0.15) is 15.0 Å². The number of rotatable bonds is 3. The van der Waals surface area contributed by atoms with Crippen molar-refractivity contribution < 1.29 is 0 Å². The first-order valence-electron chi connectivity index (χ1n) is 4.29. The first-order chi connectivity index (χ1) is 6.11. The van der Waals surface area contributed by atoms with Crippen molar-refractivity contribution in [2.24, 2.45) is 0 Å². The molecule has 0 bridgehead atoms. The molecule has 5 nitrogen and oxygen atoms in total. The Kier molecular flexibility index (Phi) is 3.00. The van der Waals surface area contributed by atoms with Crippen LogP contribution in [0.5, 0.6) is 0 Å². The Balaban J connectivity index is 2.88. The second-order valence-electron chi connectivity index (χ2n) is 3.08. The quantitative estimate of drug-likeness (QED) is 0.729. The molecule has 0 fully saturated rings. The number of hydrogen-bond donors (Lipinski definition) is 2. The van der Waals surface area contributed by atoms with E-state index in [-0.39, 0.29) is 0 Å². The Hall–Kier alpha value is -1.39. The van der Waals surface area contributed by atoms with E-state index in [9.17, 15) is 0 Å². The van der Waals surface area contributed by atoms with E-state index < -0.39 is 0 Å². The Morgan fingerprint density at radius 2 is 1.69 bits per heavy atom. The molecule has 0 aromatic carbocycles. The van der Waals surface area contributed by atoms with Gasteiger partial charge in [0, 0.05) is 13.1 Å². The molecular formula is C8H15N5. The minimum absolute atomic E-state index is 0.325. The highest BCUT2D eigenvalue weighted by Gasteiger charge is 2.02. The van der Waals surface area contributed by atoms with Crippen LogP contribution in [-0.2, 0) is 0 Å². The third-order valence-electron chi connectivity index (χ3n) is 1.39. The predicted molar refractivity (Wildman–Crippen MR) is 52.9 cm³/mol. The van der Waals surface area contributed by atoms with Gasteiger partial charge in [0.2, 0.25) is 11.9 Å². The highest BCUT2D eigenvalue weighted by molar-refractivity contribution is 5.34. The van der Waals surface area contributed by atoms with Gasteiger partial charge in [-0.15, -0.1) is 0 Å². The average molecular weight is 181 g/mol. The van der Waals surface area contributed by atoms with Crippen LogP contribution in [0.3, 0.4) is 0 Å². The zero-order valence-corrected chi connectivity index (χ0v) is 8.42. The van der Waals surface area contributed by atoms with E-state index >= 15 is 0 Å². The van der Waals surface area contributed by atoms with Crippen molar-refractivity contribution >= 4 is 11.9 Å². The summed E-state index contributed by atoms with van der Waals surface area (Å²) < 4.78 is 0. The van der Waals surface area contributed by atoms with E-state index in [2.05, 4.69) is 25.6 Å². The number of aryl methyl sites for hydroxylation is 1. The van der Waals surface area contributed by atoms with Crippen LogP contribution in [-0.4, -0.2) is 28.0 Å². The highest BCUT2D eigenvalue weighted by Crippen LogP contribution is 2.04. The van der Waals surface area contributed by atoms with Crippen molar-refractivity contribution in [1.29, 1.82) is 0 Å². The zero-order chi connectivity index (χ0) is 9.84. The maximum absolute atomic E-state index is 4.15. The molecule has 0 spiro atoms. The van der Waals surface area contributed by atoms with Gasteiger partial charge in [-0.05, 0) is 20.8 Å². The molecule has 0 amide bonds. The molecule has 0 saturated heterocycles. The Morgan fingerprint density at radius 1 is 1.08 bits per heavy atom. The van der Waals surface area contributed by atoms with E-state index in [0.29, 0.717) is 23.8 Å². The third kappa shape index (κ3) is 2.85. The van der Waals surface area contributed by atoms with Gasteiger partial charge in [-0.1, -0.05) is 0 Å². The lowest BCUT2D eigenvalue weighted by Gasteiger charge is -2.09. The van der Waals surface area contributed by atoms with Crippen LogP contribution < -0.4 is 10.6 Å². The van der Waals surface area contributed by atoms with Crippen LogP contribution in [0.15, 0.2) is 0 Å². The van der Waals surface area contributed by atoms with Gasteiger partial charge in [0.05, 0.1) is 0 Å². The summed E-state index contributed by atoms with van der Waals surface area (Å²) in [6, 6.07) is 0.325. The van der Waals surface area contributed by atoms with E-state index in [0.717, 1.165) is 0 Å². The Bertz CT molecular complexity index is 284. The average Bonchev–Trinajstić information content (AvgIpc) is 2.01. The molecule has 1 aromatic heterocycles. The van der Waals surface area contributed by atoms with Crippen LogP contribution in [0.2, 0.25) is 0 Å². The molecule has 0 aliphatic rings. The number of nitrogens with zero attached hydrogens (tertiary/aromatic N) is 3. The van der Waals surface area contributed by atoms with E-state index in [1.165, 1.54) is 0 Å². The maximum atomic E-state index is 4.15. The lowest BCUT2D eigenvalue weighted by molar-refractivity contribution is 0.858. The topological polar surface area (TPSA) is 62.7 Å². The van der Waals surface area contributed by atoms with Crippen molar-refractivity contribution in [3.05, 3.63) is 5.82 Å². The molecule has 0 aliphatic carbocycles. The van der Waals surface area contributed by atoms with Crippen LogP contribution in [0, 0.1) is 6.92 Å². The lowest BCUT2D eigenvalue weighted by Crippen LogP contribution is -2.14. The normalized spacial score (nSPS) is 10.2. The summed E-state index contributed by atoms with van der Waals surface area (Å²) in [6.45, 7) is 5.92. The largest absolute Gasteiger partial charge is 0.357 e. The molecule has 0 aliphatic heterocycles. The number of nitrogens with one attached hydrogen (secondary N) is 2. The molecule has 0 saturated carbocycles. The minimum atomic E-state index is 0.325. The van der Waals surface area contributed by atoms with Crippen LogP contribution in [0.4, 0.5) is 11.9 Å². The van der Waals surface area contributed by atoms with Gasteiger partial charge in [0.1, 0.15) is 5.82 Å². The van der Waals surface area contributed by atoms with Crippen molar-refractivity contribution in [3.8, 4) is 0 Å². The molecule has 1 aromatic rings. The fourth-order valence-corrected chi connectivity index (χ4v) is 0.916. The summed E-state index contributed by atoms with van der Waals surface area (Å²) in [4.78, 5) is 12.4. The van der Waals surface area contributed by atoms with Gasteiger partial charge in [0.15, 0.2) is 0 Å². The van der Waals surface area contributed by atoms with E-state index in [1.807, 2.05) is 20.8 Å². The first kappa shape index (κ1) is 9.70. The fraction of sp³-hybridized carbons (Fsp3) is 0.625. The van der Waals surface area contributed by atoms with E-state index in [4.69, 9.17) is 0 Å². The van der Waals surface area contributed by atoms with Gasteiger partial charge in [0.25, 0.3) is 0 Å². The molecule has 2 N–H and O–H groups in total. The van der Waals surface area contributed by atoms with Crippen molar-refractivity contribution in [3.63, 3.8) is 0 Å². The maximum Gasteiger partial charge on any atom is 0.227 e. The molecule has 13 heavy (non-hydrogen) atoms. The number of aromatic nitrogens is 3. The molecular weight excluding hydrogens is 166 g/mol. The predicted octanol–water partition coefficient (Wildman–Crippen LogP) is 1.04. The van der Waals surface area contributed by atoms with E-state index in [1.54, 1.807) is 7.05 Å². The van der Waals surface area contributed by atoms with Gasteiger partial charge in [-0.3, -0.25) is 0 Å². The van der Waals surface area contributed by atoms with Gasteiger partial charge < -0.3 is 10.6 Å². The molecule has 72 valence electrons. The minimum Gasteiger partial charge on any atom is -0.357 e. The summed E-state index contributed by atoms with van der Waals surface area (Å²) in [5.41, 5.74) is 0. The molecule has 0 radical (unpaired) electrons. The molecule has 0 unspecified atom stereocenters. The molecule has 5 heteroatoms. The van der Waals surface area contributed by atoms with Gasteiger partial charge in [-0.25, -0.2) is 0 Å². The van der Waals surface area contributed by atoms with Crippen LogP contribution in [0.1, 0.15) is 19.7 Å². The monoisotopic (exact) mass is 181 g/mol. The smallest absolute Gasteiger partial charge is 0.227 e. The molecule has 1 rings (SSSR count). The summed E-state index contributed by atoms with van der Waals surface area (Å²) >= 11 is 0. The summed E-state index contributed by atoms with van der Waals surface area (Å²) in [7, 11) is 1.79.